The number of primary amides is 1. The van der Waals surface area contributed by atoms with Crippen LogP contribution < -0.4 is 11.1 Å². The monoisotopic (exact) mass is 326 g/mol. The van der Waals surface area contributed by atoms with Crippen molar-refractivity contribution in [3.63, 3.8) is 0 Å². The lowest BCUT2D eigenvalue weighted by molar-refractivity contribution is -0.119. The minimum atomic E-state index is -0.212. The van der Waals surface area contributed by atoms with Gasteiger partial charge in [-0.15, -0.1) is 0 Å². The molecule has 0 aromatic heterocycles. The Morgan fingerprint density at radius 1 is 1.48 bits per heavy atom. The number of hydrogen-bond acceptors (Lipinski definition) is 3. The molecule has 1 fully saturated rings. The van der Waals surface area contributed by atoms with Crippen molar-refractivity contribution in [2.24, 2.45) is 22.6 Å². The van der Waals surface area contributed by atoms with Gasteiger partial charge < -0.3 is 20.7 Å². The first-order valence-electron chi connectivity index (χ1n) is 8.83. The van der Waals surface area contributed by atoms with Crippen molar-refractivity contribution in [2.75, 3.05) is 33.3 Å². The van der Waals surface area contributed by atoms with Gasteiger partial charge in [-0.25, -0.2) is 0 Å². The van der Waals surface area contributed by atoms with Crippen LogP contribution in [0.2, 0.25) is 0 Å². The number of guanidine groups is 1. The number of nitrogens with one attached hydrogen (secondary N) is 1. The van der Waals surface area contributed by atoms with Gasteiger partial charge >= 0.3 is 0 Å². The maximum atomic E-state index is 11.1. The highest BCUT2D eigenvalue weighted by Gasteiger charge is 2.23. The summed E-state index contributed by atoms with van der Waals surface area (Å²) in [7, 11) is 1.81. The van der Waals surface area contributed by atoms with E-state index >= 15 is 0 Å². The van der Waals surface area contributed by atoms with Crippen molar-refractivity contribution in [2.45, 2.75) is 52.6 Å². The van der Waals surface area contributed by atoms with Crippen molar-refractivity contribution in [1.29, 1.82) is 0 Å². The van der Waals surface area contributed by atoms with E-state index < -0.39 is 0 Å². The number of nitrogens with zero attached hydrogens (tertiary/aromatic N) is 2. The number of carbonyl (C=O) groups excluding carboxylic acids is 1. The summed E-state index contributed by atoms with van der Waals surface area (Å²) in [4.78, 5) is 17.8. The number of carbonyl (C=O) groups is 1. The average molecular weight is 326 g/mol. The minimum absolute atomic E-state index is 0.212. The van der Waals surface area contributed by atoms with Crippen LogP contribution >= 0.6 is 0 Å². The van der Waals surface area contributed by atoms with Crippen LogP contribution in [0.1, 0.15) is 46.5 Å². The fourth-order valence-electron chi connectivity index (χ4n) is 3.19. The maximum Gasteiger partial charge on any atom is 0.217 e. The smallest absolute Gasteiger partial charge is 0.217 e. The van der Waals surface area contributed by atoms with Gasteiger partial charge in [-0.1, -0.05) is 13.8 Å². The predicted molar refractivity (Wildman–Crippen MR) is 94.3 cm³/mol. The fourth-order valence-corrected chi connectivity index (χ4v) is 3.19. The molecular formula is C17H34N4O2. The Morgan fingerprint density at radius 2 is 2.22 bits per heavy atom. The molecule has 0 aromatic carbocycles. The third-order valence-corrected chi connectivity index (χ3v) is 4.36. The van der Waals surface area contributed by atoms with Crippen molar-refractivity contribution >= 4 is 11.9 Å². The van der Waals surface area contributed by atoms with Crippen LogP contribution in [0.3, 0.4) is 0 Å². The molecule has 1 aliphatic rings. The molecule has 1 amide bonds. The van der Waals surface area contributed by atoms with Crippen LogP contribution in [0.15, 0.2) is 4.99 Å². The van der Waals surface area contributed by atoms with E-state index in [0.717, 1.165) is 51.5 Å². The molecule has 1 aliphatic heterocycles. The molecule has 2 atom stereocenters. The maximum absolute atomic E-state index is 11.1. The Labute approximate surface area is 140 Å². The van der Waals surface area contributed by atoms with Gasteiger partial charge in [-0.2, -0.15) is 0 Å². The van der Waals surface area contributed by atoms with Gasteiger partial charge in [0.2, 0.25) is 5.91 Å². The van der Waals surface area contributed by atoms with Gasteiger partial charge in [0, 0.05) is 39.7 Å². The summed E-state index contributed by atoms with van der Waals surface area (Å²) in [5.74, 6) is 1.55. The number of rotatable bonds is 8. The SMILES string of the molecule is CCOC(CCNC(=NC)N1CCCC(CC(N)=O)C1)C(C)C. The molecule has 2 unspecified atom stereocenters. The first-order valence-corrected chi connectivity index (χ1v) is 8.83. The van der Waals surface area contributed by atoms with Crippen molar-refractivity contribution in [3.05, 3.63) is 0 Å². The highest BCUT2D eigenvalue weighted by atomic mass is 16.5. The molecule has 0 radical (unpaired) electrons. The molecule has 0 aliphatic carbocycles. The standard InChI is InChI=1S/C17H34N4O2/c1-5-23-15(13(2)3)8-9-20-17(19-4)21-10-6-7-14(12-21)11-16(18)22/h13-15H,5-12H2,1-4H3,(H2,18,22)(H,19,20). The number of likely N-dealkylation sites (tertiary alicyclic amines) is 1. The first-order chi connectivity index (χ1) is 11.0. The summed E-state index contributed by atoms with van der Waals surface area (Å²) in [6, 6.07) is 0. The summed E-state index contributed by atoms with van der Waals surface area (Å²) in [6.45, 7) is 9.83. The van der Waals surface area contributed by atoms with E-state index in [1.807, 2.05) is 14.0 Å². The Morgan fingerprint density at radius 3 is 2.78 bits per heavy atom. The largest absolute Gasteiger partial charge is 0.378 e. The Kier molecular flexibility index (Phi) is 8.99. The van der Waals surface area contributed by atoms with E-state index in [9.17, 15) is 4.79 Å². The molecule has 0 aromatic rings. The van der Waals surface area contributed by atoms with Crippen LogP contribution in [-0.4, -0.2) is 56.2 Å². The molecule has 1 heterocycles. The number of nitrogens with two attached hydrogens (primary N) is 1. The van der Waals surface area contributed by atoms with Crippen molar-refractivity contribution < 1.29 is 9.53 Å². The molecule has 1 saturated heterocycles. The molecule has 23 heavy (non-hydrogen) atoms. The summed E-state index contributed by atoms with van der Waals surface area (Å²) >= 11 is 0. The summed E-state index contributed by atoms with van der Waals surface area (Å²) in [6.07, 6.45) is 3.84. The number of aliphatic imine (C=N–C) groups is 1. The highest BCUT2D eigenvalue weighted by Crippen LogP contribution is 2.19. The van der Waals surface area contributed by atoms with Crippen molar-refractivity contribution in [3.8, 4) is 0 Å². The first kappa shape index (κ1) is 19.7. The third kappa shape index (κ3) is 7.20. The normalized spacial score (nSPS) is 20.7. The van der Waals surface area contributed by atoms with Crippen LogP contribution in [0.5, 0.6) is 0 Å². The zero-order chi connectivity index (χ0) is 17.2. The summed E-state index contributed by atoms with van der Waals surface area (Å²) in [5.41, 5.74) is 5.33. The van der Waals surface area contributed by atoms with E-state index in [-0.39, 0.29) is 12.0 Å². The van der Waals surface area contributed by atoms with E-state index in [0.29, 0.717) is 18.3 Å². The van der Waals surface area contributed by atoms with E-state index in [2.05, 4.69) is 29.1 Å². The van der Waals surface area contributed by atoms with Crippen molar-refractivity contribution in [1.82, 2.24) is 10.2 Å². The van der Waals surface area contributed by atoms with Crippen LogP contribution in [-0.2, 0) is 9.53 Å². The van der Waals surface area contributed by atoms with Crippen LogP contribution in [0.4, 0.5) is 0 Å². The molecular weight excluding hydrogens is 292 g/mol. The second-order valence-corrected chi connectivity index (χ2v) is 6.63. The Hall–Kier alpha value is -1.30. The average Bonchev–Trinajstić information content (AvgIpc) is 2.50. The van der Waals surface area contributed by atoms with E-state index in [4.69, 9.17) is 10.5 Å². The number of hydrogen-bond donors (Lipinski definition) is 2. The summed E-state index contributed by atoms with van der Waals surface area (Å²) in [5, 5.41) is 3.44. The number of amides is 1. The van der Waals surface area contributed by atoms with E-state index in [1.54, 1.807) is 0 Å². The lowest BCUT2D eigenvalue weighted by Gasteiger charge is -2.35. The number of piperidine rings is 1. The van der Waals surface area contributed by atoms with Crippen LogP contribution in [0, 0.1) is 11.8 Å². The summed E-state index contributed by atoms with van der Waals surface area (Å²) < 4.78 is 5.78. The van der Waals surface area contributed by atoms with Gasteiger partial charge in [0.15, 0.2) is 5.96 Å². The topological polar surface area (TPSA) is 79.9 Å². The quantitative estimate of drug-likeness (QED) is 0.524. The molecule has 0 saturated carbocycles. The zero-order valence-electron chi connectivity index (χ0n) is 15.2. The molecule has 3 N–H and O–H groups in total. The number of ether oxygens (including phenoxy) is 1. The molecule has 1 rings (SSSR count). The third-order valence-electron chi connectivity index (χ3n) is 4.36. The molecule has 134 valence electrons. The second kappa shape index (κ2) is 10.5. The molecule has 6 nitrogen and oxygen atoms in total. The lowest BCUT2D eigenvalue weighted by atomic mass is 9.95. The highest BCUT2D eigenvalue weighted by molar-refractivity contribution is 5.80. The van der Waals surface area contributed by atoms with Gasteiger partial charge in [0.1, 0.15) is 0 Å². The second-order valence-electron chi connectivity index (χ2n) is 6.63. The van der Waals surface area contributed by atoms with Crippen LogP contribution in [0.25, 0.3) is 0 Å². The zero-order valence-corrected chi connectivity index (χ0v) is 15.2. The van der Waals surface area contributed by atoms with Gasteiger partial charge in [-0.3, -0.25) is 9.79 Å². The van der Waals surface area contributed by atoms with Gasteiger partial charge in [-0.05, 0) is 38.0 Å². The fraction of sp³-hybridized carbons (Fsp3) is 0.882. The molecule has 6 heteroatoms. The van der Waals surface area contributed by atoms with Gasteiger partial charge in [0.25, 0.3) is 0 Å². The minimum Gasteiger partial charge on any atom is -0.378 e. The Balaban J connectivity index is 2.45. The van der Waals surface area contributed by atoms with Gasteiger partial charge in [0.05, 0.1) is 6.10 Å². The molecule has 0 spiro atoms. The Bertz CT molecular complexity index is 385. The predicted octanol–water partition coefficient (Wildman–Crippen LogP) is 1.60. The lowest BCUT2D eigenvalue weighted by Crippen LogP contribution is -2.47. The van der Waals surface area contributed by atoms with E-state index in [1.165, 1.54) is 0 Å². The molecule has 0 bridgehead atoms.